The van der Waals surface area contributed by atoms with E-state index in [9.17, 15) is 5.11 Å². The zero-order chi connectivity index (χ0) is 20.8. The molecule has 0 unspecified atom stereocenters. The Kier molecular flexibility index (Phi) is 4.09. The van der Waals surface area contributed by atoms with Gasteiger partial charge >= 0.3 is 0 Å². The van der Waals surface area contributed by atoms with Crippen LogP contribution < -0.4 is 4.90 Å². The average Bonchev–Trinajstić information content (AvgIpc) is 3.43. The highest BCUT2D eigenvalue weighted by Gasteiger charge is 2.19. The number of hydrogen-bond donors (Lipinski definition) is 3. The molecule has 6 rings (SSSR count). The van der Waals surface area contributed by atoms with E-state index in [0.29, 0.717) is 0 Å². The quantitative estimate of drug-likeness (QED) is 0.410. The minimum atomic E-state index is 0.111. The van der Waals surface area contributed by atoms with Gasteiger partial charge in [0.1, 0.15) is 22.8 Å². The van der Waals surface area contributed by atoms with Gasteiger partial charge in [0.15, 0.2) is 0 Å². The third kappa shape index (κ3) is 3.07. The van der Waals surface area contributed by atoms with Crippen molar-refractivity contribution in [3.8, 4) is 28.4 Å². The standard InChI is InChI=1S/C23H21N7O/c31-15-10-14(12-24-13-15)17-4-5-19-21(27-17)22(29-28-19)20-11-16-18(26-20)6-7-25-23(16)30-8-2-1-3-9-30/h4-7,10-13,26,31H,1-3,8-9H2,(H,28,29). The topological polar surface area (TPSA) is 107 Å². The number of aromatic nitrogens is 6. The number of nitrogens with one attached hydrogen (secondary N) is 2. The molecule has 1 fully saturated rings. The number of aromatic amines is 2. The van der Waals surface area contributed by atoms with E-state index in [1.165, 1.54) is 25.5 Å². The van der Waals surface area contributed by atoms with E-state index >= 15 is 0 Å². The minimum Gasteiger partial charge on any atom is -0.506 e. The molecule has 1 saturated heterocycles. The Morgan fingerprint density at radius 3 is 2.74 bits per heavy atom. The SMILES string of the molecule is Oc1cncc(-c2ccc3[nH]nc(-c4cc5c(N6CCCCC6)nccc5[nH]4)c3n2)c1. The van der Waals surface area contributed by atoms with E-state index in [0.717, 1.165) is 63.5 Å². The molecule has 6 heterocycles. The van der Waals surface area contributed by atoms with E-state index < -0.39 is 0 Å². The maximum atomic E-state index is 9.77. The van der Waals surface area contributed by atoms with Crippen LogP contribution >= 0.6 is 0 Å². The third-order valence-electron chi connectivity index (χ3n) is 5.87. The number of hydrogen-bond acceptors (Lipinski definition) is 6. The number of H-pyrrole nitrogens is 2. The molecule has 0 amide bonds. The summed E-state index contributed by atoms with van der Waals surface area (Å²) >= 11 is 0. The highest BCUT2D eigenvalue weighted by Crippen LogP contribution is 2.33. The predicted molar refractivity (Wildman–Crippen MR) is 120 cm³/mol. The van der Waals surface area contributed by atoms with Gasteiger partial charge in [-0.25, -0.2) is 9.97 Å². The first-order valence-electron chi connectivity index (χ1n) is 10.5. The van der Waals surface area contributed by atoms with Crippen molar-refractivity contribution < 1.29 is 5.11 Å². The molecule has 0 aromatic carbocycles. The van der Waals surface area contributed by atoms with Crippen molar-refractivity contribution >= 4 is 27.8 Å². The normalized spacial score (nSPS) is 14.5. The Hall–Kier alpha value is -3.94. The van der Waals surface area contributed by atoms with Crippen LogP contribution in [0.4, 0.5) is 5.82 Å². The summed E-state index contributed by atoms with van der Waals surface area (Å²) in [5.41, 5.74) is 5.78. The van der Waals surface area contributed by atoms with Gasteiger partial charge in [-0.15, -0.1) is 0 Å². The van der Waals surface area contributed by atoms with Gasteiger partial charge in [-0.2, -0.15) is 5.10 Å². The molecular formula is C23H21N7O. The Morgan fingerprint density at radius 2 is 1.87 bits per heavy atom. The van der Waals surface area contributed by atoms with Crippen molar-refractivity contribution in [3.05, 3.63) is 48.9 Å². The summed E-state index contributed by atoms with van der Waals surface area (Å²) in [7, 11) is 0. The second-order valence-electron chi connectivity index (χ2n) is 7.92. The van der Waals surface area contributed by atoms with Crippen molar-refractivity contribution in [1.82, 2.24) is 30.1 Å². The molecular weight excluding hydrogens is 390 g/mol. The Balaban J connectivity index is 1.46. The lowest BCUT2D eigenvalue weighted by Gasteiger charge is -2.28. The summed E-state index contributed by atoms with van der Waals surface area (Å²) in [5, 5.41) is 18.5. The molecule has 1 aliphatic rings. The zero-order valence-electron chi connectivity index (χ0n) is 16.8. The second-order valence-corrected chi connectivity index (χ2v) is 7.92. The lowest BCUT2D eigenvalue weighted by molar-refractivity contribution is 0.473. The lowest BCUT2D eigenvalue weighted by Crippen LogP contribution is -2.30. The van der Waals surface area contributed by atoms with Crippen LogP contribution in [0.1, 0.15) is 19.3 Å². The first kappa shape index (κ1) is 17.9. The van der Waals surface area contributed by atoms with Crippen molar-refractivity contribution in [2.24, 2.45) is 0 Å². The van der Waals surface area contributed by atoms with Crippen LogP contribution in [0.3, 0.4) is 0 Å². The maximum Gasteiger partial charge on any atom is 0.137 e. The summed E-state index contributed by atoms with van der Waals surface area (Å²) < 4.78 is 0. The van der Waals surface area contributed by atoms with Crippen LogP contribution in [-0.2, 0) is 0 Å². The van der Waals surface area contributed by atoms with E-state index in [1.54, 1.807) is 12.3 Å². The van der Waals surface area contributed by atoms with E-state index in [4.69, 9.17) is 4.98 Å². The molecule has 8 heteroatoms. The van der Waals surface area contributed by atoms with E-state index in [1.807, 2.05) is 24.4 Å². The fourth-order valence-corrected chi connectivity index (χ4v) is 4.34. The van der Waals surface area contributed by atoms with Crippen LogP contribution in [0.15, 0.2) is 48.9 Å². The molecule has 8 nitrogen and oxygen atoms in total. The monoisotopic (exact) mass is 411 g/mol. The molecule has 0 bridgehead atoms. The van der Waals surface area contributed by atoms with Gasteiger partial charge < -0.3 is 15.0 Å². The Labute approximate surface area is 178 Å². The molecule has 0 atom stereocenters. The summed E-state index contributed by atoms with van der Waals surface area (Å²) in [6.45, 7) is 2.08. The fourth-order valence-electron chi connectivity index (χ4n) is 4.34. The molecule has 0 aliphatic carbocycles. The highest BCUT2D eigenvalue weighted by molar-refractivity contribution is 5.98. The maximum absolute atomic E-state index is 9.77. The average molecular weight is 411 g/mol. The zero-order valence-corrected chi connectivity index (χ0v) is 16.8. The molecule has 0 radical (unpaired) electrons. The second kappa shape index (κ2) is 7.09. The number of aromatic hydroxyl groups is 1. The summed E-state index contributed by atoms with van der Waals surface area (Å²) in [4.78, 5) is 19.4. The number of pyridine rings is 3. The number of anilines is 1. The molecule has 0 saturated carbocycles. The molecule has 154 valence electrons. The van der Waals surface area contributed by atoms with Gasteiger partial charge in [0.25, 0.3) is 0 Å². The van der Waals surface area contributed by atoms with Crippen molar-refractivity contribution in [1.29, 1.82) is 0 Å². The molecule has 31 heavy (non-hydrogen) atoms. The van der Waals surface area contributed by atoms with Crippen LogP contribution in [0.25, 0.3) is 44.6 Å². The molecule has 1 aliphatic heterocycles. The van der Waals surface area contributed by atoms with Crippen molar-refractivity contribution in [2.75, 3.05) is 18.0 Å². The van der Waals surface area contributed by atoms with Crippen LogP contribution in [0, 0.1) is 0 Å². The molecule has 5 aromatic rings. The summed E-state index contributed by atoms with van der Waals surface area (Å²) in [5.74, 6) is 1.14. The summed E-state index contributed by atoms with van der Waals surface area (Å²) in [6, 6.07) is 9.61. The van der Waals surface area contributed by atoms with Gasteiger partial charge in [0, 0.05) is 36.4 Å². The summed E-state index contributed by atoms with van der Waals surface area (Å²) in [6.07, 6.45) is 8.65. The first-order chi connectivity index (χ1) is 15.3. The van der Waals surface area contributed by atoms with Gasteiger partial charge in [-0.05, 0) is 49.6 Å². The van der Waals surface area contributed by atoms with Crippen molar-refractivity contribution in [3.63, 3.8) is 0 Å². The Morgan fingerprint density at radius 1 is 0.968 bits per heavy atom. The fraction of sp³-hybridized carbons (Fsp3) is 0.217. The smallest absolute Gasteiger partial charge is 0.137 e. The van der Waals surface area contributed by atoms with Crippen LogP contribution in [0.5, 0.6) is 5.75 Å². The van der Waals surface area contributed by atoms with Crippen LogP contribution in [-0.4, -0.2) is 48.3 Å². The van der Waals surface area contributed by atoms with Gasteiger partial charge in [0.05, 0.1) is 28.6 Å². The van der Waals surface area contributed by atoms with Gasteiger partial charge in [-0.1, -0.05) is 0 Å². The number of piperidine rings is 1. The van der Waals surface area contributed by atoms with Gasteiger partial charge in [-0.3, -0.25) is 10.1 Å². The predicted octanol–water partition coefficient (Wildman–Crippen LogP) is 4.26. The molecule has 5 aromatic heterocycles. The lowest BCUT2D eigenvalue weighted by atomic mass is 10.1. The van der Waals surface area contributed by atoms with Crippen molar-refractivity contribution in [2.45, 2.75) is 19.3 Å². The van der Waals surface area contributed by atoms with E-state index in [-0.39, 0.29) is 5.75 Å². The van der Waals surface area contributed by atoms with Crippen LogP contribution in [0.2, 0.25) is 0 Å². The Bertz CT molecular complexity index is 1400. The van der Waals surface area contributed by atoms with Gasteiger partial charge in [0.2, 0.25) is 0 Å². The molecule has 0 spiro atoms. The third-order valence-corrected chi connectivity index (χ3v) is 5.87. The minimum absolute atomic E-state index is 0.111. The van der Waals surface area contributed by atoms with E-state index in [2.05, 4.69) is 36.1 Å². The number of rotatable bonds is 3. The largest absolute Gasteiger partial charge is 0.506 e. The first-order valence-corrected chi connectivity index (χ1v) is 10.5. The molecule has 3 N–H and O–H groups in total. The number of fused-ring (bicyclic) bond motifs is 2. The number of nitrogens with zero attached hydrogens (tertiary/aromatic N) is 5. The highest BCUT2D eigenvalue weighted by atomic mass is 16.3.